The van der Waals surface area contributed by atoms with E-state index < -0.39 is 0 Å². The maximum absolute atomic E-state index is 5.29. The van der Waals surface area contributed by atoms with Gasteiger partial charge >= 0.3 is 0 Å². The van der Waals surface area contributed by atoms with Gasteiger partial charge in [0, 0.05) is 0 Å². The lowest BCUT2D eigenvalue weighted by molar-refractivity contribution is 0.405. The summed E-state index contributed by atoms with van der Waals surface area (Å²) >= 11 is 2.27. The molecule has 0 aliphatic heterocycles. The molecule has 1 aromatic rings. The molecule has 0 fully saturated rings. The number of methoxy groups -OCH3 is 1. The van der Waals surface area contributed by atoms with Crippen molar-refractivity contribution in [2.45, 2.75) is 12.8 Å². The van der Waals surface area contributed by atoms with Gasteiger partial charge in [0.1, 0.15) is 5.75 Å². The van der Waals surface area contributed by atoms with Gasteiger partial charge in [-0.05, 0) is 47.1 Å². The average molecular weight is 275 g/mol. The molecule has 0 spiro atoms. The number of halogens is 1. The topological polar surface area (TPSA) is 9.23 Å². The summed E-state index contributed by atoms with van der Waals surface area (Å²) in [6.07, 6.45) is 0. The fraction of sp³-hybridized carbons (Fsp3) is 0.300. The van der Waals surface area contributed by atoms with E-state index in [-0.39, 0.29) is 5.92 Å². The molecule has 65 valence electrons. The molecule has 0 bridgehead atoms. The van der Waals surface area contributed by atoms with Gasteiger partial charge in [-0.1, -0.05) is 19.1 Å². The van der Waals surface area contributed by atoms with Crippen LogP contribution in [0.3, 0.4) is 0 Å². The lowest BCUT2D eigenvalue weighted by atomic mass is 10.0. The average Bonchev–Trinajstić information content (AvgIpc) is 2.03. The molecule has 1 radical (unpaired) electrons. The molecule has 0 aliphatic rings. The second-order valence-corrected chi connectivity index (χ2v) is 3.93. The third-order valence-corrected chi connectivity index (χ3v) is 2.58. The fourth-order valence-electron chi connectivity index (χ4n) is 1.13. The normalized spacial score (nSPS) is 10.4. The third-order valence-electron chi connectivity index (χ3n) is 1.73. The molecule has 0 heterocycles. The van der Waals surface area contributed by atoms with Crippen LogP contribution in [0.5, 0.6) is 5.75 Å². The molecule has 2 heteroatoms. The highest BCUT2D eigenvalue weighted by atomic mass is 127. The maximum Gasteiger partial charge on any atom is 0.135 e. The van der Waals surface area contributed by atoms with Gasteiger partial charge < -0.3 is 4.74 Å². The molecule has 12 heavy (non-hydrogen) atoms. The van der Waals surface area contributed by atoms with Gasteiger partial charge in [-0.15, -0.1) is 0 Å². The second kappa shape index (κ2) is 4.12. The van der Waals surface area contributed by atoms with Crippen molar-refractivity contribution in [3.63, 3.8) is 0 Å². The molecule has 1 unspecified atom stereocenters. The Balaban J connectivity index is 3.18. The van der Waals surface area contributed by atoms with Gasteiger partial charge in [-0.3, -0.25) is 0 Å². The first-order chi connectivity index (χ1) is 5.66. The Morgan fingerprint density at radius 3 is 2.58 bits per heavy atom. The van der Waals surface area contributed by atoms with Gasteiger partial charge in [0.05, 0.1) is 10.7 Å². The van der Waals surface area contributed by atoms with E-state index in [9.17, 15) is 0 Å². The zero-order chi connectivity index (χ0) is 9.14. The number of rotatable bonds is 2. The summed E-state index contributed by atoms with van der Waals surface area (Å²) in [5.41, 5.74) is 1.17. The summed E-state index contributed by atoms with van der Waals surface area (Å²) in [5.74, 6) is 1.23. The Bertz CT molecular complexity index is 269. The molecule has 0 saturated carbocycles. The van der Waals surface area contributed by atoms with Crippen molar-refractivity contribution in [2.75, 3.05) is 7.11 Å². The number of hydrogen-bond donors (Lipinski definition) is 0. The Morgan fingerprint density at radius 2 is 2.17 bits per heavy atom. The van der Waals surface area contributed by atoms with Crippen molar-refractivity contribution >= 4 is 22.6 Å². The molecule has 0 aromatic heterocycles. The number of benzene rings is 1. The quantitative estimate of drug-likeness (QED) is 0.753. The number of hydrogen-bond acceptors (Lipinski definition) is 1. The van der Waals surface area contributed by atoms with E-state index in [2.05, 4.69) is 42.5 Å². The monoisotopic (exact) mass is 275 g/mol. The number of para-hydroxylation sites is 1. The van der Waals surface area contributed by atoms with Crippen molar-refractivity contribution in [3.8, 4) is 5.75 Å². The number of ether oxygens (including phenoxy) is 1. The Morgan fingerprint density at radius 1 is 1.50 bits per heavy atom. The van der Waals surface area contributed by atoms with E-state index in [1.54, 1.807) is 7.11 Å². The van der Waals surface area contributed by atoms with Crippen LogP contribution in [0.1, 0.15) is 18.4 Å². The molecule has 0 N–H and O–H groups in total. The van der Waals surface area contributed by atoms with Gasteiger partial charge in [0.15, 0.2) is 0 Å². The van der Waals surface area contributed by atoms with Crippen LogP contribution in [0.15, 0.2) is 18.2 Å². The SMILES string of the molecule is [CH2]C(C)c1cccc(I)c1OC. The van der Waals surface area contributed by atoms with Crippen LogP contribution in [0.25, 0.3) is 0 Å². The van der Waals surface area contributed by atoms with Gasteiger partial charge in [-0.25, -0.2) is 0 Å². The van der Waals surface area contributed by atoms with E-state index in [0.29, 0.717) is 0 Å². The van der Waals surface area contributed by atoms with E-state index in [1.165, 1.54) is 5.56 Å². The summed E-state index contributed by atoms with van der Waals surface area (Å²) in [5, 5.41) is 0. The maximum atomic E-state index is 5.29. The van der Waals surface area contributed by atoms with Crippen LogP contribution >= 0.6 is 22.6 Å². The highest BCUT2D eigenvalue weighted by Gasteiger charge is 2.08. The minimum atomic E-state index is 0.273. The molecule has 1 atom stereocenters. The van der Waals surface area contributed by atoms with E-state index in [1.807, 2.05) is 12.1 Å². The standard InChI is InChI=1S/C10H12IO/c1-7(2)8-5-4-6-9(11)10(8)12-3/h4-7H,1H2,2-3H3. The molecule has 1 nitrogen and oxygen atoms in total. The van der Waals surface area contributed by atoms with Gasteiger partial charge in [-0.2, -0.15) is 0 Å². The minimum Gasteiger partial charge on any atom is -0.495 e. The Labute approximate surface area is 87.3 Å². The summed E-state index contributed by atoms with van der Waals surface area (Å²) in [6.45, 7) is 6.04. The molecule has 1 rings (SSSR count). The summed E-state index contributed by atoms with van der Waals surface area (Å²) < 4.78 is 6.43. The minimum absolute atomic E-state index is 0.273. The largest absolute Gasteiger partial charge is 0.495 e. The lowest BCUT2D eigenvalue weighted by Crippen LogP contribution is -1.96. The van der Waals surface area contributed by atoms with Gasteiger partial charge in [0.25, 0.3) is 0 Å². The smallest absolute Gasteiger partial charge is 0.135 e. The van der Waals surface area contributed by atoms with Crippen molar-refractivity contribution in [1.82, 2.24) is 0 Å². The van der Waals surface area contributed by atoms with E-state index in [0.717, 1.165) is 9.32 Å². The summed E-state index contributed by atoms with van der Waals surface area (Å²) in [6, 6.07) is 6.12. The molecular formula is C10H12IO. The van der Waals surface area contributed by atoms with Crippen LogP contribution in [0.2, 0.25) is 0 Å². The first kappa shape index (κ1) is 9.84. The first-order valence-electron chi connectivity index (χ1n) is 3.82. The lowest BCUT2D eigenvalue weighted by Gasteiger charge is -2.12. The van der Waals surface area contributed by atoms with E-state index >= 15 is 0 Å². The first-order valence-corrected chi connectivity index (χ1v) is 4.90. The molecule has 1 aromatic carbocycles. The van der Waals surface area contributed by atoms with Crippen molar-refractivity contribution in [1.29, 1.82) is 0 Å². The Kier molecular flexibility index (Phi) is 3.38. The molecule has 0 amide bonds. The highest BCUT2D eigenvalue weighted by Crippen LogP contribution is 2.30. The fourth-order valence-corrected chi connectivity index (χ4v) is 1.87. The van der Waals surface area contributed by atoms with Crippen LogP contribution in [-0.2, 0) is 0 Å². The molecule has 0 saturated heterocycles. The van der Waals surface area contributed by atoms with E-state index in [4.69, 9.17) is 4.74 Å². The second-order valence-electron chi connectivity index (χ2n) is 2.76. The molecular weight excluding hydrogens is 263 g/mol. The van der Waals surface area contributed by atoms with Crippen LogP contribution in [0, 0.1) is 10.5 Å². The third kappa shape index (κ3) is 1.91. The van der Waals surface area contributed by atoms with Gasteiger partial charge in [0.2, 0.25) is 0 Å². The zero-order valence-corrected chi connectivity index (χ0v) is 9.46. The predicted octanol–water partition coefficient (Wildman–Crippen LogP) is 3.24. The molecule has 0 aliphatic carbocycles. The van der Waals surface area contributed by atoms with Crippen LogP contribution in [0.4, 0.5) is 0 Å². The summed E-state index contributed by atoms with van der Waals surface area (Å²) in [4.78, 5) is 0. The summed E-state index contributed by atoms with van der Waals surface area (Å²) in [7, 11) is 1.70. The van der Waals surface area contributed by atoms with Crippen molar-refractivity contribution in [3.05, 3.63) is 34.3 Å². The van der Waals surface area contributed by atoms with Crippen molar-refractivity contribution in [2.24, 2.45) is 0 Å². The van der Waals surface area contributed by atoms with Crippen LogP contribution in [-0.4, -0.2) is 7.11 Å². The highest BCUT2D eigenvalue weighted by molar-refractivity contribution is 14.1. The zero-order valence-electron chi connectivity index (χ0n) is 7.30. The predicted molar refractivity (Wildman–Crippen MR) is 59.5 cm³/mol. The Hall–Kier alpha value is -0.250. The van der Waals surface area contributed by atoms with Crippen molar-refractivity contribution < 1.29 is 4.74 Å². The van der Waals surface area contributed by atoms with Crippen LogP contribution < -0.4 is 4.74 Å².